The molecule has 0 aromatic heterocycles. The summed E-state index contributed by atoms with van der Waals surface area (Å²) >= 11 is 0. The second-order valence-corrected chi connectivity index (χ2v) is 7.63. The van der Waals surface area contributed by atoms with Crippen LogP contribution in [0.3, 0.4) is 0 Å². The molecule has 1 unspecified atom stereocenters. The molecule has 1 atom stereocenters. The number of carbonyl (C=O) groups excluding carboxylic acids is 1. The van der Waals surface area contributed by atoms with Gasteiger partial charge in [-0.1, -0.05) is 25.1 Å². The molecule has 5 heteroatoms. The van der Waals surface area contributed by atoms with E-state index < -0.39 is 0 Å². The number of carbonyl (C=O) groups is 1. The Labute approximate surface area is 162 Å². The van der Waals surface area contributed by atoms with Gasteiger partial charge in [-0.25, -0.2) is 0 Å². The predicted octanol–water partition coefficient (Wildman–Crippen LogP) is 2.79. The minimum Gasteiger partial charge on any atom is -0.383 e. The van der Waals surface area contributed by atoms with Crippen LogP contribution in [0.1, 0.15) is 48.9 Å². The summed E-state index contributed by atoms with van der Waals surface area (Å²) in [5, 5.41) is 12.8. The summed E-state index contributed by atoms with van der Waals surface area (Å²) in [6.45, 7) is 5.18. The average molecular weight is 367 g/mol. The van der Waals surface area contributed by atoms with Crippen molar-refractivity contribution in [1.82, 2.24) is 15.1 Å². The predicted molar refractivity (Wildman–Crippen MR) is 107 cm³/mol. The molecule has 1 aliphatic heterocycles. The molecule has 1 aromatic carbocycles. The molecule has 1 aromatic rings. The van der Waals surface area contributed by atoms with Crippen molar-refractivity contribution >= 4 is 5.91 Å². The van der Waals surface area contributed by atoms with Gasteiger partial charge in [-0.05, 0) is 55.8 Å². The van der Waals surface area contributed by atoms with E-state index in [0.29, 0.717) is 13.1 Å². The molecule has 1 saturated heterocycles. The normalized spacial score (nSPS) is 19.1. The highest BCUT2D eigenvalue weighted by Crippen LogP contribution is 2.26. The zero-order valence-electron chi connectivity index (χ0n) is 16.5. The van der Waals surface area contributed by atoms with Crippen molar-refractivity contribution in [1.29, 1.82) is 5.26 Å². The van der Waals surface area contributed by atoms with Crippen LogP contribution >= 0.6 is 0 Å². The van der Waals surface area contributed by atoms with Crippen LogP contribution in [-0.2, 0) is 17.6 Å². The second kappa shape index (κ2) is 9.05. The molecule has 27 heavy (non-hydrogen) atoms. The van der Waals surface area contributed by atoms with Gasteiger partial charge in [0.05, 0.1) is 6.04 Å². The molecule has 1 aliphatic carbocycles. The number of amides is 1. The number of hydrogen-bond acceptors (Lipinski definition) is 4. The van der Waals surface area contributed by atoms with Crippen molar-refractivity contribution in [3.63, 3.8) is 0 Å². The van der Waals surface area contributed by atoms with Crippen LogP contribution in [0.4, 0.5) is 0 Å². The van der Waals surface area contributed by atoms with Crippen LogP contribution in [0, 0.1) is 11.3 Å². The van der Waals surface area contributed by atoms with Gasteiger partial charge >= 0.3 is 0 Å². The number of hydrogen-bond donors (Lipinski definition) is 1. The van der Waals surface area contributed by atoms with Crippen LogP contribution in [-0.4, -0.2) is 48.9 Å². The van der Waals surface area contributed by atoms with Crippen molar-refractivity contribution in [3.8, 4) is 6.07 Å². The first kappa shape index (κ1) is 19.4. The van der Waals surface area contributed by atoms with E-state index in [2.05, 4.69) is 48.5 Å². The molecular formula is C22H30N4O. The third-order valence-electron chi connectivity index (χ3n) is 5.75. The van der Waals surface area contributed by atoms with Gasteiger partial charge in [-0.15, -0.1) is 0 Å². The molecule has 1 fully saturated rings. The number of piperazine rings is 1. The van der Waals surface area contributed by atoms with E-state index in [-0.39, 0.29) is 17.5 Å². The number of benzene rings is 1. The van der Waals surface area contributed by atoms with Gasteiger partial charge in [-0.3, -0.25) is 4.79 Å². The van der Waals surface area contributed by atoms with Crippen molar-refractivity contribution in [3.05, 3.63) is 46.7 Å². The lowest BCUT2D eigenvalue weighted by Crippen LogP contribution is -2.47. The average Bonchev–Trinajstić information content (AvgIpc) is 2.71. The maximum absolute atomic E-state index is 12.6. The van der Waals surface area contributed by atoms with E-state index in [4.69, 9.17) is 0 Å². The number of rotatable bonds is 5. The first-order chi connectivity index (χ1) is 13.1. The third-order valence-corrected chi connectivity index (χ3v) is 5.75. The lowest BCUT2D eigenvalue weighted by atomic mass is 9.89. The van der Waals surface area contributed by atoms with E-state index in [1.807, 2.05) is 0 Å². The van der Waals surface area contributed by atoms with Crippen LogP contribution in [0.15, 0.2) is 30.0 Å². The van der Waals surface area contributed by atoms with Crippen LogP contribution in [0.2, 0.25) is 0 Å². The van der Waals surface area contributed by atoms with Crippen molar-refractivity contribution in [2.75, 3.05) is 33.2 Å². The Morgan fingerprint density at radius 2 is 1.93 bits per heavy atom. The monoisotopic (exact) mass is 366 g/mol. The standard InChI is InChI=1S/C22H30N4O/c1-3-21(19-9-8-17-6-4-5-7-18(17)14-19)24-16-20(15-23)22(27)26-12-10-25(2)11-13-26/h8-9,14,16,21,24H,3-7,10-13H2,1-2H3/b20-16-. The maximum Gasteiger partial charge on any atom is 0.266 e. The number of nitrogens with zero attached hydrogens (tertiary/aromatic N) is 3. The fourth-order valence-corrected chi connectivity index (χ4v) is 3.93. The van der Waals surface area contributed by atoms with Crippen LogP contribution in [0.5, 0.6) is 0 Å². The van der Waals surface area contributed by atoms with Crippen molar-refractivity contribution < 1.29 is 4.79 Å². The van der Waals surface area contributed by atoms with Gasteiger partial charge in [0.1, 0.15) is 11.6 Å². The number of nitrogens with one attached hydrogen (secondary N) is 1. The molecule has 1 N–H and O–H groups in total. The molecule has 144 valence electrons. The van der Waals surface area contributed by atoms with Crippen LogP contribution in [0.25, 0.3) is 0 Å². The molecular weight excluding hydrogens is 336 g/mol. The number of likely N-dealkylation sites (N-methyl/N-ethyl adjacent to an activating group) is 1. The van der Waals surface area contributed by atoms with E-state index in [1.165, 1.54) is 36.0 Å². The van der Waals surface area contributed by atoms with Crippen molar-refractivity contribution in [2.24, 2.45) is 0 Å². The summed E-state index contributed by atoms with van der Waals surface area (Å²) in [6.07, 6.45) is 7.40. The Hall–Kier alpha value is -2.32. The van der Waals surface area contributed by atoms with Crippen molar-refractivity contribution in [2.45, 2.75) is 45.1 Å². The first-order valence-electron chi connectivity index (χ1n) is 10.1. The highest BCUT2D eigenvalue weighted by Gasteiger charge is 2.22. The molecule has 2 aliphatic rings. The van der Waals surface area contributed by atoms with E-state index >= 15 is 0 Å². The highest BCUT2D eigenvalue weighted by atomic mass is 16.2. The largest absolute Gasteiger partial charge is 0.383 e. The SMILES string of the molecule is CCC(N/C=C(/C#N)C(=O)N1CCN(C)CC1)c1ccc2c(c1)CCCC2. The molecule has 0 bridgehead atoms. The Kier molecular flexibility index (Phi) is 6.52. The van der Waals surface area contributed by atoms with Gasteiger partial charge in [0.15, 0.2) is 0 Å². The highest BCUT2D eigenvalue weighted by molar-refractivity contribution is 5.97. The zero-order valence-corrected chi connectivity index (χ0v) is 16.5. The number of fused-ring (bicyclic) bond motifs is 1. The Morgan fingerprint density at radius 1 is 1.22 bits per heavy atom. The summed E-state index contributed by atoms with van der Waals surface area (Å²) in [5.41, 5.74) is 4.35. The minimum absolute atomic E-state index is 0.112. The topological polar surface area (TPSA) is 59.4 Å². The first-order valence-corrected chi connectivity index (χ1v) is 10.1. The zero-order chi connectivity index (χ0) is 19.2. The Morgan fingerprint density at radius 3 is 2.59 bits per heavy atom. The minimum atomic E-state index is -0.168. The van der Waals surface area contributed by atoms with Crippen LogP contribution < -0.4 is 5.32 Å². The van der Waals surface area contributed by atoms with Gasteiger partial charge in [0, 0.05) is 32.4 Å². The van der Waals surface area contributed by atoms with E-state index in [0.717, 1.165) is 25.9 Å². The quantitative estimate of drug-likeness (QED) is 0.643. The summed E-state index contributed by atoms with van der Waals surface area (Å²) in [7, 11) is 2.05. The smallest absolute Gasteiger partial charge is 0.266 e. The molecule has 0 spiro atoms. The number of aryl methyl sites for hydroxylation is 2. The Bertz CT molecular complexity index is 741. The molecule has 0 saturated carbocycles. The molecule has 5 nitrogen and oxygen atoms in total. The molecule has 1 heterocycles. The van der Waals surface area contributed by atoms with Gasteiger partial charge in [0.2, 0.25) is 0 Å². The summed E-state index contributed by atoms with van der Waals surface area (Å²) in [6, 6.07) is 8.94. The third kappa shape index (κ3) is 4.70. The van der Waals surface area contributed by atoms with Gasteiger partial charge in [-0.2, -0.15) is 5.26 Å². The summed E-state index contributed by atoms with van der Waals surface area (Å²) in [4.78, 5) is 16.6. The van der Waals surface area contributed by atoms with E-state index in [9.17, 15) is 10.1 Å². The summed E-state index contributed by atoms with van der Waals surface area (Å²) < 4.78 is 0. The molecule has 1 amide bonds. The fourth-order valence-electron chi connectivity index (χ4n) is 3.93. The van der Waals surface area contributed by atoms with Gasteiger partial charge in [0.25, 0.3) is 5.91 Å². The molecule has 0 radical (unpaired) electrons. The summed E-state index contributed by atoms with van der Waals surface area (Å²) in [5.74, 6) is -0.168. The maximum atomic E-state index is 12.6. The van der Waals surface area contributed by atoms with Gasteiger partial charge < -0.3 is 15.1 Å². The lowest BCUT2D eigenvalue weighted by molar-refractivity contribution is -0.128. The fraction of sp³-hybridized carbons (Fsp3) is 0.545. The van der Waals surface area contributed by atoms with E-state index in [1.54, 1.807) is 11.1 Å². The lowest BCUT2D eigenvalue weighted by Gasteiger charge is -2.32. The number of nitriles is 1. The molecule has 3 rings (SSSR count). The second-order valence-electron chi connectivity index (χ2n) is 7.63. The Balaban J connectivity index is 1.69.